The van der Waals surface area contributed by atoms with Crippen molar-refractivity contribution < 1.29 is 19.4 Å². The molecule has 1 saturated carbocycles. The van der Waals surface area contributed by atoms with Gasteiger partial charge in [0.1, 0.15) is 5.75 Å². The molecule has 0 aromatic heterocycles. The van der Waals surface area contributed by atoms with Gasteiger partial charge < -0.3 is 14.6 Å². The Morgan fingerprint density at radius 1 is 1.44 bits per heavy atom. The highest BCUT2D eigenvalue weighted by Crippen LogP contribution is 2.47. The summed E-state index contributed by atoms with van der Waals surface area (Å²) in [7, 11) is 1.57. The summed E-state index contributed by atoms with van der Waals surface area (Å²) >= 11 is 0. The van der Waals surface area contributed by atoms with Crippen LogP contribution in [0, 0.1) is 5.92 Å². The SMILES string of the molecule is COCOc1ccc(C2CC2C(=O)O)cc1. The number of hydrogen-bond donors (Lipinski definition) is 1. The minimum Gasteiger partial charge on any atom is -0.481 e. The van der Waals surface area contributed by atoms with E-state index in [2.05, 4.69) is 0 Å². The molecule has 1 aromatic rings. The molecule has 1 fully saturated rings. The number of hydrogen-bond acceptors (Lipinski definition) is 3. The number of methoxy groups -OCH3 is 1. The molecule has 2 atom stereocenters. The van der Waals surface area contributed by atoms with Crippen LogP contribution in [0.5, 0.6) is 5.75 Å². The van der Waals surface area contributed by atoms with Gasteiger partial charge in [-0.15, -0.1) is 0 Å². The van der Waals surface area contributed by atoms with Crippen LogP contribution in [0.25, 0.3) is 0 Å². The molecule has 1 aliphatic rings. The molecule has 86 valence electrons. The van der Waals surface area contributed by atoms with Crippen molar-refractivity contribution >= 4 is 5.97 Å². The summed E-state index contributed by atoms with van der Waals surface area (Å²) in [4.78, 5) is 10.7. The van der Waals surface area contributed by atoms with Gasteiger partial charge in [0.15, 0.2) is 6.79 Å². The minimum atomic E-state index is -0.704. The Bertz CT molecular complexity index is 371. The van der Waals surface area contributed by atoms with Gasteiger partial charge in [-0.25, -0.2) is 0 Å². The van der Waals surface area contributed by atoms with Crippen molar-refractivity contribution in [2.24, 2.45) is 5.92 Å². The van der Waals surface area contributed by atoms with Crippen molar-refractivity contribution in [1.29, 1.82) is 0 Å². The Hall–Kier alpha value is -1.55. The molecule has 1 N–H and O–H groups in total. The average molecular weight is 222 g/mol. The Labute approximate surface area is 93.8 Å². The lowest BCUT2D eigenvalue weighted by atomic mass is 10.1. The fraction of sp³-hybridized carbons (Fsp3) is 0.417. The predicted molar refractivity (Wildman–Crippen MR) is 57.4 cm³/mol. The van der Waals surface area contributed by atoms with Gasteiger partial charge in [-0.1, -0.05) is 12.1 Å². The first-order chi connectivity index (χ1) is 7.72. The van der Waals surface area contributed by atoms with E-state index in [1.165, 1.54) is 0 Å². The van der Waals surface area contributed by atoms with Crippen molar-refractivity contribution in [3.63, 3.8) is 0 Å². The van der Waals surface area contributed by atoms with Crippen LogP contribution in [0.1, 0.15) is 17.9 Å². The van der Waals surface area contributed by atoms with Crippen LogP contribution < -0.4 is 4.74 Å². The fourth-order valence-corrected chi connectivity index (χ4v) is 1.77. The van der Waals surface area contributed by atoms with Crippen molar-refractivity contribution in [2.45, 2.75) is 12.3 Å². The van der Waals surface area contributed by atoms with E-state index in [9.17, 15) is 4.79 Å². The maximum atomic E-state index is 10.7. The Morgan fingerprint density at radius 3 is 2.62 bits per heavy atom. The third-order valence-electron chi connectivity index (χ3n) is 2.76. The van der Waals surface area contributed by atoms with E-state index < -0.39 is 5.97 Å². The van der Waals surface area contributed by atoms with Gasteiger partial charge in [0, 0.05) is 7.11 Å². The molecule has 0 amide bonds. The summed E-state index contributed by atoms with van der Waals surface area (Å²) in [6, 6.07) is 7.51. The molecule has 4 heteroatoms. The topological polar surface area (TPSA) is 55.8 Å². The quantitative estimate of drug-likeness (QED) is 0.772. The summed E-state index contributed by atoms with van der Waals surface area (Å²) in [6.07, 6.45) is 0.744. The van der Waals surface area contributed by atoms with Crippen molar-refractivity contribution in [3.8, 4) is 5.75 Å². The summed E-state index contributed by atoms with van der Waals surface area (Å²) in [5.74, 6) is 0.00236. The number of carbonyl (C=O) groups is 1. The molecular weight excluding hydrogens is 208 g/mol. The van der Waals surface area contributed by atoms with Crippen molar-refractivity contribution in [3.05, 3.63) is 29.8 Å². The van der Waals surface area contributed by atoms with Crippen LogP contribution >= 0.6 is 0 Å². The Morgan fingerprint density at radius 2 is 2.12 bits per heavy atom. The number of benzene rings is 1. The first kappa shape index (κ1) is 11.0. The second kappa shape index (κ2) is 4.53. The monoisotopic (exact) mass is 222 g/mol. The number of carboxylic acids is 1. The van der Waals surface area contributed by atoms with Crippen LogP contribution in [0.4, 0.5) is 0 Å². The van der Waals surface area contributed by atoms with Crippen LogP contribution in [0.3, 0.4) is 0 Å². The van der Waals surface area contributed by atoms with Crippen molar-refractivity contribution in [1.82, 2.24) is 0 Å². The second-order valence-electron chi connectivity index (χ2n) is 3.91. The van der Waals surface area contributed by atoms with E-state index in [1.54, 1.807) is 7.11 Å². The highest BCUT2D eigenvalue weighted by Gasteiger charge is 2.43. The van der Waals surface area contributed by atoms with Crippen LogP contribution in [0.2, 0.25) is 0 Å². The molecular formula is C12H14O4. The van der Waals surface area contributed by atoms with Gasteiger partial charge in [0.05, 0.1) is 5.92 Å². The van der Waals surface area contributed by atoms with Gasteiger partial charge in [0.2, 0.25) is 0 Å². The van der Waals surface area contributed by atoms with E-state index in [-0.39, 0.29) is 18.6 Å². The zero-order valence-corrected chi connectivity index (χ0v) is 9.05. The molecule has 2 unspecified atom stereocenters. The standard InChI is InChI=1S/C12H14O4/c1-15-7-16-9-4-2-8(3-5-9)10-6-11(10)12(13)14/h2-5,10-11H,6-7H2,1H3,(H,13,14). The Kier molecular flexibility index (Phi) is 3.10. The second-order valence-corrected chi connectivity index (χ2v) is 3.91. The third kappa shape index (κ3) is 2.33. The minimum absolute atomic E-state index is 0.175. The summed E-state index contributed by atoms with van der Waals surface area (Å²) in [5, 5.41) is 8.81. The van der Waals surface area contributed by atoms with E-state index in [0.717, 1.165) is 17.7 Å². The molecule has 0 spiro atoms. The smallest absolute Gasteiger partial charge is 0.307 e. The maximum absolute atomic E-state index is 10.7. The normalized spacial score (nSPS) is 22.8. The van der Waals surface area contributed by atoms with Crippen LogP contribution in [0.15, 0.2) is 24.3 Å². The maximum Gasteiger partial charge on any atom is 0.307 e. The highest BCUT2D eigenvalue weighted by molar-refractivity contribution is 5.75. The molecule has 1 aromatic carbocycles. The molecule has 0 aliphatic heterocycles. The molecule has 0 saturated heterocycles. The number of ether oxygens (including phenoxy) is 2. The third-order valence-corrected chi connectivity index (χ3v) is 2.76. The van der Waals surface area contributed by atoms with Crippen LogP contribution in [-0.2, 0) is 9.53 Å². The molecule has 0 bridgehead atoms. The van der Waals surface area contributed by atoms with E-state index >= 15 is 0 Å². The van der Waals surface area contributed by atoms with Crippen molar-refractivity contribution in [2.75, 3.05) is 13.9 Å². The highest BCUT2D eigenvalue weighted by atomic mass is 16.7. The molecule has 0 heterocycles. The lowest BCUT2D eigenvalue weighted by molar-refractivity contribution is -0.138. The number of carboxylic acid groups (broad SMARTS) is 1. The summed E-state index contributed by atoms with van der Waals surface area (Å²) in [6.45, 7) is 0.223. The van der Waals surface area contributed by atoms with Gasteiger partial charge in [-0.05, 0) is 30.0 Å². The zero-order chi connectivity index (χ0) is 11.5. The molecule has 16 heavy (non-hydrogen) atoms. The number of rotatable bonds is 5. The van der Waals surface area contributed by atoms with Gasteiger partial charge in [-0.3, -0.25) is 4.79 Å². The fourth-order valence-electron chi connectivity index (χ4n) is 1.77. The lowest BCUT2D eigenvalue weighted by Gasteiger charge is -2.05. The van der Waals surface area contributed by atoms with Gasteiger partial charge in [-0.2, -0.15) is 0 Å². The molecule has 2 rings (SSSR count). The first-order valence-corrected chi connectivity index (χ1v) is 5.17. The predicted octanol–water partition coefficient (Wildman–Crippen LogP) is 1.86. The van der Waals surface area contributed by atoms with Gasteiger partial charge >= 0.3 is 5.97 Å². The lowest BCUT2D eigenvalue weighted by Crippen LogP contribution is -2.00. The molecule has 0 radical (unpaired) electrons. The van der Waals surface area contributed by atoms with Crippen LogP contribution in [-0.4, -0.2) is 25.0 Å². The van der Waals surface area contributed by atoms with E-state index in [0.29, 0.717) is 0 Å². The molecule has 1 aliphatic carbocycles. The summed E-state index contributed by atoms with van der Waals surface area (Å²) in [5.41, 5.74) is 1.07. The van der Waals surface area contributed by atoms with E-state index in [4.69, 9.17) is 14.6 Å². The first-order valence-electron chi connectivity index (χ1n) is 5.17. The average Bonchev–Trinajstić information content (AvgIpc) is 3.07. The Balaban J connectivity index is 1.95. The van der Waals surface area contributed by atoms with E-state index in [1.807, 2.05) is 24.3 Å². The largest absolute Gasteiger partial charge is 0.481 e. The van der Waals surface area contributed by atoms with Gasteiger partial charge in [0.25, 0.3) is 0 Å². The number of aliphatic carboxylic acids is 1. The summed E-state index contributed by atoms with van der Waals surface area (Å²) < 4.78 is 10.0. The zero-order valence-electron chi connectivity index (χ0n) is 9.05. The molecule has 4 nitrogen and oxygen atoms in total.